The molecule has 0 spiro atoms. The molecule has 148 valence electrons. The highest BCUT2D eigenvalue weighted by molar-refractivity contribution is 6.33. The summed E-state index contributed by atoms with van der Waals surface area (Å²) in [6.07, 6.45) is 5.12. The minimum absolute atomic E-state index is 0.0659. The zero-order valence-corrected chi connectivity index (χ0v) is 16.5. The van der Waals surface area contributed by atoms with Crippen LogP contribution in [0.15, 0.2) is 64.7 Å². The van der Waals surface area contributed by atoms with Crippen LogP contribution in [0.25, 0.3) is 17.0 Å². The van der Waals surface area contributed by atoms with Gasteiger partial charge < -0.3 is 9.15 Å². The molecule has 0 unspecified atom stereocenters. The van der Waals surface area contributed by atoms with E-state index < -0.39 is 5.92 Å². The maximum atomic E-state index is 12.9. The molecule has 0 radical (unpaired) electrons. The molecule has 1 atom stereocenters. The van der Waals surface area contributed by atoms with Gasteiger partial charge in [-0.15, -0.1) is 5.10 Å². The van der Waals surface area contributed by atoms with Gasteiger partial charge in [0.25, 0.3) is 0 Å². The van der Waals surface area contributed by atoms with Gasteiger partial charge in [0.1, 0.15) is 17.8 Å². The fourth-order valence-corrected chi connectivity index (χ4v) is 4.43. The van der Waals surface area contributed by atoms with Gasteiger partial charge in [-0.25, -0.2) is 14.5 Å². The standard InChI is InChI=1S/C22H15ClN4O3/c23-13-6-2-1-5-12(13)20-25-21-19-18(15-9-4-10-29-15)17-14(28)7-3-8-16(17)30-22(19)24-11-27(21)26-20/h1-2,4-6,9-11,18H,3,7-8H2/t18-/m1/s1. The smallest absolute Gasteiger partial charge is 0.228 e. The van der Waals surface area contributed by atoms with Crippen molar-refractivity contribution in [2.75, 3.05) is 0 Å². The number of carbonyl (C=O) groups excluding carboxylic acids is 1. The summed E-state index contributed by atoms with van der Waals surface area (Å²) in [5.41, 5.74) is 2.57. The highest BCUT2D eigenvalue weighted by Gasteiger charge is 2.41. The minimum Gasteiger partial charge on any atom is -0.468 e. The lowest BCUT2D eigenvalue weighted by Crippen LogP contribution is -2.26. The van der Waals surface area contributed by atoms with Crippen molar-refractivity contribution in [2.24, 2.45) is 0 Å². The fraction of sp³-hybridized carbons (Fsp3) is 0.182. The number of hydrogen-bond acceptors (Lipinski definition) is 6. The largest absolute Gasteiger partial charge is 0.468 e. The molecule has 0 saturated carbocycles. The van der Waals surface area contributed by atoms with E-state index in [2.05, 4.69) is 10.1 Å². The van der Waals surface area contributed by atoms with Crippen LogP contribution < -0.4 is 4.74 Å². The Bertz CT molecular complexity index is 1340. The van der Waals surface area contributed by atoms with Crippen LogP contribution in [0.4, 0.5) is 0 Å². The lowest BCUT2D eigenvalue weighted by atomic mass is 9.80. The molecule has 0 fully saturated rings. The van der Waals surface area contributed by atoms with Crippen LogP contribution in [0.5, 0.6) is 5.88 Å². The number of Topliss-reactive ketones (excluding diaryl/α,β-unsaturated/α-hetero) is 1. The third-order valence-corrected chi connectivity index (χ3v) is 5.86. The SMILES string of the molecule is O=C1CCCC2=C1[C@@H](c1ccco1)c1c(ncn3nc(-c4ccccc4Cl)nc13)O2. The van der Waals surface area contributed by atoms with Crippen LogP contribution in [-0.4, -0.2) is 25.4 Å². The molecule has 8 heteroatoms. The Kier molecular flexibility index (Phi) is 3.79. The lowest BCUT2D eigenvalue weighted by Gasteiger charge is -2.30. The molecular weight excluding hydrogens is 404 g/mol. The first-order valence-electron chi connectivity index (χ1n) is 9.68. The number of aromatic nitrogens is 4. The highest BCUT2D eigenvalue weighted by atomic mass is 35.5. The van der Waals surface area contributed by atoms with Crippen LogP contribution in [-0.2, 0) is 4.79 Å². The summed E-state index contributed by atoms with van der Waals surface area (Å²) in [5, 5.41) is 5.12. The van der Waals surface area contributed by atoms with Crippen molar-refractivity contribution in [2.45, 2.75) is 25.2 Å². The number of benzene rings is 1. The first-order chi connectivity index (χ1) is 14.7. The Labute approximate surface area is 176 Å². The summed E-state index contributed by atoms with van der Waals surface area (Å²) in [4.78, 5) is 22.1. The Morgan fingerprint density at radius 1 is 1.13 bits per heavy atom. The van der Waals surface area contributed by atoms with E-state index in [0.29, 0.717) is 57.9 Å². The first kappa shape index (κ1) is 17.4. The quantitative estimate of drug-likeness (QED) is 0.474. The summed E-state index contributed by atoms with van der Waals surface area (Å²) >= 11 is 6.35. The fourth-order valence-electron chi connectivity index (χ4n) is 4.21. The normalized spacial score (nSPS) is 18.3. The van der Waals surface area contributed by atoms with Crippen molar-refractivity contribution >= 4 is 23.0 Å². The van der Waals surface area contributed by atoms with Gasteiger partial charge in [0.2, 0.25) is 5.88 Å². The zero-order chi connectivity index (χ0) is 20.2. The van der Waals surface area contributed by atoms with Gasteiger partial charge in [-0.05, 0) is 30.7 Å². The average Bonchev–Trinajstić information content (AvgIpc) is 3.42. The van der Waals surface area contributed by atoms with Gasteiger partial charge in [0.15, 0.2) is 17.3 Å². The number of halogens is 1. The predicted molar refractivity (Wildman–Crippen MR) is 108 cm³/mol. The number of allylic oxidation sites excluding steroid dienone is 2. The van der Waals surface area contributed by atoms with Crippen LogP contribution in [0, 0.1) is 0 Å². The number of rotatable bonds is 2. The summed E-state index contributed by atoms with van der Waals surface area (Å²) in [6.45, 7) is 0. The molecule has 30 heavy (non-hydrogen) atoms. The number of fused-ring (bicyclic) bond motifs is 3. The molecule has 4 heterocycles. The zero-order valence-electron chi connectivity index (χ0n) is 15.7. The second kappa shape index (κ2) is 6.53. The number of hydrogen-bond donors (Lipinski definition) is 0. The van der Waals surface area contributed by atoms with Gasteiger partial charge >= 0.3 is 0 Å². The molecule has 4 aromatic rings. The van der Waals surface area contributed by atoms with Gasteiger partial charge in [-0.1, -0.05) is 23.7 Å². The average molecular weight is 419 g/mol. The van der Waals surface area contributed by atoms with Gasteiger partial charge in [0.05, 0.1) is 22.8 Å². The van der Waals surface area contributed by atoms with Crippen LogP contribution in [0.2, 0.25) is 5.02 Å². The van der Waals surface area contributed by atoms with Gasteiger partial charge in [0, 0.05) is 24.0 Å². The van der Waals surface area contributed by atoms with Crippen LogP contribution in [0.1, 0.15) is 36.5 Å². The molecule has 2 aliphatic rings. The van der Waals surface area contributed by atoms with E-state index in [-0.39, 0.29) is 5.78 Å². The Morgan fingerprint density at radius 2 is 2.03 bits per heavy atom. The molecule has 7 nitrogen and oxygen atoms in total. The first-order valence-corrected chi connectivity index (χ1v) is 10.1. The lowest BCUT2D eigenvalue weighted by molar-refractivity contribution is -0.116. The van der Waals surface area contributed by atoms with Crippen molar-refractivity contribution in [1.82, 2.24) is 19.6 Å². The van der Waals surface area contributed by atoms with E-state index in [1.165, 1.54) is 0 Å². The number of ether oxygens (including phenoxy) is 1. The second-order valence-electron chi connectivity index (χ2n) is 7.31. The molecule has 0 N–H and O–H groups in total. The molecule has 3 aromatic heterocycles. The van der Waals surface area contributed by atoms with Crippen molar-refractivity contribution in [3.8, 4) is 17.3 Å². The summed E-state index contributed by atoms with van der Waals surface area (Å²) in [6, 6.07) is 11.1. The van der Waals surface area contributed by atoms with E-state index in [4.69, 9.17) is 25.7 Å². The topological polar surface area (TPSA) is 82.5 Å². The Morgan fingerprint density at radius 3 is 2.87 bits per heavy atom. The maximum Gasteiger partial charge on any atom is 0.228 e. The predicted octanol–water partition coefficient (Wildman–Crippen LogP) is 4.57. The monoisotopic (exact) mass is 418 g/mol. The number of carbonyl (C=O) groups is 1. The van der Waals surface area contributed by atoms with Crippen molar-refractivity contribution in [3.05, 3.63) is 76.7 Å². The van der Waals surface area contributed by atoms with E-state index in [9.17, 15) is 4.79 Å². The molecule has 1 aromatic carbocycles. The van der Waals surface area contributed by atoms with E-state index in [1.807, 2.05) is 30.3 Å². The molecule has 0 saturated heterocycles. The highest BCUT2D eigenvalue weighted by Crippen LogP contribution is 2.47. The van der Waals surface area contributed by atoms with Crippen LogP contribution >= 0.6 is 11.6 Å². The van der Waals surface area contributed by atoms with E-state index in [0.717, 1.165) is 12.0 Å². The van der Waals surface area contributed by atoms with E-state index in [1.54, 1.807) is 23.2 Å². The van der Waals surface area contributed by atoms with Crippen molar-refractivity contribution in [1.29, 1.82) is 0 Å². The molecule has 0 bridgehead atoms. The molecule has 0 amide bonds. The number of nitrogens with zero attached hydrogens (tertiary/aromatic N) is 4. The van der Waals surface area contributed by atoms with Crippen molar-refractivity contribution in [3.63, 3.8) is 0 Å². The molecule has 1 aliphatic heterocycles. The van der Waals surface area contributed by atoms with Crippen molar-refractivity contribution < 1.29 is 13.9 Å². The molecular formula is C22H15ClN4O3. The summed E-state index contributed by atoms with van der Waals surface area (Å²) < 4.78 is 13.4. The second-order valence-corrected chi connectivity index (χ2v) is 7.72. The van der Waals surface area contributed by atoms with Crippen LogP contribution in [0.3, 0.4) is 0 Å². The third kappa shape index (κ3) is 2.52. The van der Waals surface area contributed by atoms with Gasteiger partial charge in [-0.2, -0.15) is 0 Å². The number of furan rings is 1. The molecule has 6 rings (SSSR count). The van der Waals surface area contributed by atoms with E-state index >= 15 is 0 Å². The Hall–Kier alpha value is -3.45. The number of ketones is 1. The summed E-state index contributed by atoms with van der Waals surface area (Å²) in [5.74, 6) is 1.85. The maximum absolute atomic E-state index is 12.9. The van der Waals surface area contributed by atoms with Gasteiger partial charge in [-0.3, -0.25) is 4.79 Å². The Balaban J connectivity index is 1.62. The minimum atomic E-state index is -0.439. The third-order valence-electron chi connectivity index (χ3n) is 5.54. The summed E-state index contributed by atoms with van der Waals surface area (Å²) in [7, 11) is 0. The molecule has 1 aliphatic carbocycles.